The van der Waals surface area contributed by atoms with E-state index < -0.39 is 5.97 Å². The molecule has 1 aliphatic rings. The van der Waals surface area contributed by atoms with Crippen LogP contribution < -0.4 is 0 Å². The number of phenolic OH excluding ortho intramolecular Hbond substituents is 1. The van der Waals surface area contributed by atoms with Crippen molar-refractivity contribution in [3.63, 3.8) is 0 Å². The van der Waals surface area contributed by atoms with Crippen LogP contribution in [0.5, 0.6) is 5.75 Å². The minimum absolute atomic E-state index is 0.211. The summed E-state index contributed by atoms with van der Waals surface area (Å²) in [5, 5.41) is 18.7. The molecule has 0 amide bonds. The molecular formula is C12H14O3. The average Bonchev–Trinajstić information content (AvgIpc) is 2.94. The summed E-state index contributed by atoms with van der Waals surface area (Å²) in [4.78, 5) is 10.9. The van der Waals surface area contributed by atoms with E-state index in [1.54, 1.807) is 12.1 Å². The Labute approximate surface area is 88.4 Å². The van der Waals surface area contributed by atoms with Crippen molar-refractivity contribution in [2.75, 3.05) is 0 Å². The number of hydrogen-bond donors (Lipinski definition) is 2. The second-order valence-corrected chi connectivity index (χ2v) is 4.12. The molecule has 0 aromatic heterocycles. The van der Waals surface area contributed by atoms with Gasteiger partial charge in [-0.15, -0.1) is 0 Å². The zero-order valence-electron chi connectivity index (χ0n) is 8.60. The number of carboxylic acids is 1. The van der Waals surface area contributed by atoms with Crippen LogP contribution in [0.15, 0.2) is 24.3 Å². The summed E-state index contributed by atoms with van der Waals surface area (Å²) in [5.74, 6) is -0.890. The van der Waals surface area contributed by atoms with Crippen molar-refractivity contribution >= 4 is 5.97 Å². The molecule has 0 radical (unpaired) electrons. The number of carbonyl (C=O) groups is 1. The highest BCUT2D eigenvalue weighted by molar-refractivity contribution is 5.77. The fraction of sp³-hybridized carbons (Fsp3) is 0.417. The number of rotatable bonds is 3. The van der Waals surface area contributed by atoms with E-state index in [1.165, 1.54) is 0 Å². The van der Waals surface area contributed by atoms with Crippen LogP contribution in [-0.4, -0.2) is 16.2 Å². The Morgan fingerprint density at radius 3 is 2.67 bits per heavy atom. The summed E-state index contributed by atoms with van der Waals surface area (Å²) in [7, 11) is 0. The molecule has 1 aromatic carbocycles. The van der Waals surface area contributed by atoms with Crippen molar-refractivity contribution in [3.05, 3.63) is 29.8 Å². The predicted octanol–water partition coefficient (Wildman–Crippen LogP) is 2.14. The topological polar surface area (TPSA) is 57.5 Å². The van der Waals surface area contributed by atoms with Gasteiger partial charge in [0.1, 0.15) is 5.75 Å². The molecule has 2 atom stereocenters. The lowest BCUT2D eigenvalue weighted by molar-refractivity contribution is -0.139. The lowest BCUT2D eigenvalue weighted by atomic mass is 9.90. The van der Waals surface area contributed by atoms with Crippen molar-refractivity contribution in [1.82, 2.24) is 0 Å². The van der Waals surface area contributed by atoms with Gasteiger partial charge in [0.25, 0.3) is 0 Å². The van der Waals surface area contributed by atoms with E-state index in [1.807, 2.05) is 19.1 Å². The molecule has 0 bridgehead atoms. The Bertz CT molecular complexity index is 400. The maximum Gasteiger partial charge on any atom is 0.307 e. The van der Waals surface area contributed by atoms with Crippen molar-refractivity contribution < 1.29 is 15.0 Å². The van der Waals surface area contributed by atoms with Crippen molar-refractivity contribution in [3.8, 4) is 5.75 Å². The maximum atomic E-state index is 10.9. The van der Waals surface area contributed by atoms with E-state index in [0.717, 1.165) is 12.0 Å². The fourth-order valence-electron chi connectivity index (χ4n) is 2.40. The van der Waals surface area contributed by atoms with Crippen molar-refractivity contribution in [2.45, 2.75) is 25.2 Å². The lowest BCUT2D eigenvalue weighted by Gasteiger charge is -2.15. The molecular weight excluding hydrogens is 192 g/mol. The van der Waals surface area contributed by atoms with Gasteiger partial charge in [0, 0.05) is 11.0 Å². The normalized spacial score (nSPS) is 28.7. The van der Waals surface area contributed by atoms with Gasteiger partial charge in [-0.2, -0.15) is 0 Å². The average molecular weight is 206 g/mol. The number of phenols is 1. The molecule has 2 rings (SSSR count). The van der Waals surface area contributed by atoms with Crippen LogP contribution >= 0.6 is 0 Å². The Balaban J connectivity index is 2.38. The van der Waals surface area contributed by atoms with Gasteiger partial charge < -0.3 is 10.2 Å². The van der Waals surface area contributed by atoms with Gasteiger partial charge in [-0.05, 0) is 18.9 Å². The predicted molar refractivity (Wildman–Crippen MR) is 55.8 cm³/mol. The summed E-state index contributed by atoms with van der Waals surface area (Å²) in [5.41, 5.74) is 0.442. The molecule has 0 aliphatic heterocycles. The Kier molecular flexibility index (Phi) is 2.18. The number of para-hydroxylation sites is 1. The standard InChI is InChI=1S/C12H14O3/c1-2-12(7-9(12)11(14)15)8-5-3-4-6-10(8)13/h3-6,9,13H,2,7H2,1H3,(H,14,15)/t9-,12?/m0/s1. The highest BCUT2D eigenvalue weighted by Crippen LogP contribution is 2.58. The third-order valence-electron chi connectivity index (χ3n) is 3.44. The minimum atomic E-state index is -0.764. The summed E-state index contributed by atoms with van der Waals surface area (Å²) in [6.07, 6.45) is 1.39. The van der Waals surface area contributed by atoms with Crippen LogP contribution in [-0.2, 0) is 10.2 Å². The van der Waals surface area contributed by atoms with Crippen LogP contribution in [0.1, 0.15) is 25.3 Å². The third-order valence-corrected chi connectivity index (χ3v) is 3.44. The second kappa shape index (κ2) is 3.26. The highest BCUT2D eigenvalue weighted by atomic mass is 16.4. The molecule has 15 heavy (non-hydrogen) atoms. The zero-order valence-corrected chi connectivity index (χ0v) is 8.60. The van der Waals surface area contributed by atoms with Crippen LogP contribution in [0.2, 0.25) is 0 Å². The van der Waals surface area contributed by atoms with E-state index in [-0.39, 0.29) is 17.1 Å². The third kappa shape index (κ3) is 1.39. The van der Waals surface area contributed by atoms with E-state index in [0.29, 0.717) is 6.42 Å². The molecule has 1 aliphatic carbocycles. The van der Waals surface area contributed by atoms with Crippen LogP contribution in [0, 0.1) is 5.92 Å². The summed E-state index contributed by atoms with van der Waals surface area (Å²) < 4.78 is 0. The molecule has 80 valence electrons. The zero-order chi connectivity index (χ0) is 11.1. The maximum absolute atomic E-state index is 10.9. The first kappa shape index (κ1) is 10.0. The minimum Gasteiger partial charge on any atom is -0.508 e. The summed E-state index contributed by atoms with van der Waals surface area (Å²) >= 11 is 0. The monoisotopic (exact) mass is 206 g/mol. The summed E-state index contributed by atoms with van der Waals surface area (Å²) in [6.45, 7) is 1.97. The fourth-order valence-corrected chi connectivity index (χ4v) is 2.40. The number of hydrogen-bond acceptors (Lipinski definition) is 2. The molecule has 3 nitrogen and oxygen atoms in total. The molecule has 1 unspecified atom stereocenters. The van der Waals surface area contributed by atoms with Gasteiger partial charge in [0.15, 0.2) is 0 Å². The van der Waals surface area contributed by atoms with E-state index >= 15 is 0 Å². The molecule has 0 spiro atoms. The SMILES string of the molecule is CCC1(c2ccccc2O)C[C@H]1C(=O)O. The second-order valence-electron chi connectivity index (χ2n) is 4.12. The number of benzene rings is 1. The smallest absolute Gasteiger partial charge is 0.307 e. The first-order valence-corrected chi connectivity index (χ1v) is 5.13. The van der Waals surface area contributed by atoms with Crippen molar-refractivity contribution in [1.29, 1.82) is 0 Å². The van der Waals surface area contributed by atoms with Gasteiger partial charge in [0.05, 0.1) is 5.92 Å². The number of carboxylic acid groups (broad SMARTS) is 1. The van der Waals surface area contributed by atoms with Gasteiger partial charge in [-0.1, -0.05) is 25.1 Å². The highest BCUT2D eigenvalue weighted by Gasteiger charge is 2.59. The van der Waals surface area contributed by atoms with Gasteiger partial charge in [-0.3, -0.25) is 4.79 Å². The summed E-state index contributed by atoms with van der Waals surface area (Å²) in [6, 6.07) is 7.02. The largest absolute Gasteiger partial charge is 0.508 e. The Hall–Kier alpha value is -1.51. The number of aliphatic carboxylic acids is 1. The van der Waals surface area contributed by atoms with E-state index in [2.05, 4.69) is 0 Å². The molecule has 0 saturated heterocycles. The van der Waals surface area contributed by atoms with Gasteiger partial charge in [0.2, 0.25) is 0 Å². The van der Waals surface area contributed by atoms with Crippen LogP contribution in [0.3, 0.4) is 0 Å². The molecule has 2 N–H and O–H groups in total. The molecule has 1 fully saturated rings. The van der Waals surface area contributed by atoms with E-state index in [4.69, 9.17) is 5.11 Å². The van der Waals surface area contributed by atoms with Crippen LogP contribution in [0.25, 0.3) is 0 Å². The van der Waals surface area contributed by atoms with Gasteiger partial charge in [-0.25, -0.2) is 0 Å². The molecule has 1 aromatic rings. The van der Waals surface area contributed by atoms with Crippen molar-refractivity contribution in [2.24, 2.45) is 5.92 Å². The van der Waals surface area contributed by atoms with E-state index in [9.17, 15) is 9.90 Å². The van der Waals surface area contributed by atoms with Crippen LogP contribution in [0.4, 0.5) is 0 Å². The quantitative estimate of drug-likeness (QED) is 0.796. The Morgan fingerprint density at radius 1 is 1.53 bits per heavy atom. The van der Waals surface area contributed by atoms with Gasteiger partial charge >= 0.3 is 5.97 Å². The molecule has 1 saturated carbocycles. The lowest BCUT2D eigenvalue weighted by Crippen LogP contribution is -2.14. The molecule has 3 heteroatoms. The first-order valence-electron chi connectivity index (χ1n) is 5.13. The first-order chi connectivity index (χ1) is 7.12. The molecule has 0 heterocycles. The number of aromatic hydroxyl groups is 1. The Morgan fingerprint density at radius 2 is 2.20 bits per heavy atom.